The Morgan fingerprint density at radius 3 is 2.53 bits per heavy atom. The molecule has 0 atom stereocenters. The van der Waals surface area contributed by atoms with Crippen LogP contribution in [0.1, 0.15) is 19.4 Å². The minimum atomic E-state index is -0.888. The molecule has 1 aromatic carbocycles. The summed E-state index contributed by atoms with van der Waals surface area (Å²) in [7, 11) is 0. The SMILES string of the molecule is CCOc1ccc(C2=CC=C(C)[SeH2]2)c(F)c1F. The third-order valence-corrected chi connectivity index (χ3v) is 5.13. The van der Waals surface area contributed by atoms with Crippen molar-refractivity contribution in [1.29, 1.82) is 0 Å². The summed E-state index contributed by atoms with van der Waals surface area (Å²) < 4.78 is 34.8. The molecule has 0 spiro atoms. The van der Waals surface area contributed by atoms with E-state index in [9.17, 15) is 8.78 Å². The number of hydrogen-bond donors (Lipinski definition) is 0. The summed E-state index contributed by atoms with van der Waals surface area (Å²) in [5.74, 6) is -1.70. The molecule has 0 saturated carbocycles. The molecule has 4 heteroatoms. The van der Waals surface area contributed by atoms with Crippen LogP contribution in [0.2, 0.25) is 0 Å². The van der Waals surface area contributed by atoms with Gasteiger partial charge in [-0.3, -0.25) is 0 Å². The zero-order valence-electron chi connectivity index (χ0n) is 9.68. The summed E-state index contributed by atoms with van der Waals surface area (Å²) in [6.07, 6.45) is 3.86. The van der Waals surface area contributed by atoms with Gasteiger partial charge in [0.2, 0.25) is 0 Å². The molecular formula is C13H14F2OSe. The van der Waals surface area contributed by atoms with E-state index in [1.54, 1.807) is 13.0 Å². The summed E-state index contributed by atoms with van der Waals surface area (Å²) in [6, 6.07) is 3.10. The Morgan fingerprint density at radius 2 is 1.94 bits per heavy atom. The summed E-state index contributed by atoms with van der Waals surface area (Å²) in [5, 5.41) is 0. The normalized spacial score (nSPS) is 16.9. The van der Waals surface area contributed by atoms with Gasteiger partial charge in [0, 0.05) is 0 Å². The Hall–Kier alpha value is -1.12. The molecule has 2 rings (SSSR count). The van der Waals surface area contributed by atoms with Crippen molar-refractivity contribution in [2.45, 2.75) is 13.8 Å². The molecule has 0 radical (unpaired) electrons. The number of halogens is 2. The van der Waals surface area contributed by atoms with Crippen LogP contribution in [-0.2, 0) is 0 Å². The number of benzene rings is 1. The van der Waals surface area contributed by atoms with Crippen molar-refractivity contribution in [3.8, 4) is 5.75 Å². The van der Waals surface area contributed by atoms with Gasteiger partial charge in [0.15, 0.2) is 0 Å². The first-order valence-electron chi connectivity index (χ1n) is 5.40. The van der Waals surface area contributed by atoms with E-state index in [1.165, 1.54) is 10.5 Å². The van der Waals surface area contributed by atoms with E-state index in [-0.39, 0.29) is 5.75 Å². The number of allylic oxidation sites excluding steroid dienone is 3. The molecule has 17 heavy (non-hydrogen) atoms. The van der Waals surface area contributed by atoms with Crippen molar-refractivity contribution < 1.29 is 13.5 Å². The molecule has 0 aromatic heterocycles. The second-order valence-electron chi connectivity index (χ2n) is 3.73. The van der Waals surface area contributed by atoms with E-state index < -0.39 is 26.6 Å². The van der Waals surface area contributed by atoms with Gasteiger partial charge in [-0.2, -0.15) is 0 Å². The first-order chi connectivity index (χ1) is 8.13. The topological polar surface area (TPSA) is 9.23 Å². The average molecular weight is 303 g/mol. The van der Waals surface area contributed by atoms with Gasteiger partial charge in [0.25, 0.3) is 0 Å². The molecule has 0 N–H and O–H groups in total. The Kier molecular flexibility index (Phi) is 3.65. The molecule has 92 valence electrons. The zero-order valence-corrected chi connectivity index (χ0v) is 11.8. The third-order valence-electron chi connectivity index (χ3n) is 2.47. The maximum absolute atomic E-state index is 13.9. The van der Waals surface area contributed by atoms with E-state index in [2.05, 4.69) is 0 Å². The van der Waals surface area contributed by atoms with Gasteiger partial charge in [-0.15, -0.1) is 0 Å². The van der Waals surface area contributed by atoms with Crippen LogP contribution in [0.4, 0.5) is 8.78 Å². The summed E-state index contributed by atoms with van der Waals surface area (Å²) >= 11 is -0.476. The minimum absolute atomic E-state index is 0.0166. The molecule has 1 aliphatic rings. The molecule has 0 unspecified atom stereocenters. The van der Waals surface area contributed by atoms with E-state index in [4.69, 9.17) is 4.74 Å². The Balaban J connectivity index is 2.35. The molecule has 1 aromatic rings. The van der Waals surface area contributed by atoms with Crippen molar-refractivity contribution in [1.82, 2.24) is 0 Å². The van der Waals surface area contributed by atoms with E-state index in [0.717, 1.165) is 4.47 Å². The molecule has 0 saturated heterocycles. The van der Waals surface area contributed by atoms with E-state index in [1.807, 2.05) is 19.1 Å². The van der Waals surface area contributed by atoms with Crippen molar-refractivity contribution in [3.63, 3.8) is 0 Å². The third kappa shape index (κ3) is 2.43. The van der Waals surface area contributed by atoms with Crippen LogP contribution >= 0.6 is 0 Å². The molecular weight excluding hydrogens is 289 g/mol. The fourth-order valence-corrected chi connectivity index (χ4v) is 3.95. The quantitative estimate of drug-likeness (QED) is 0.780. The van der Waals surface area contributed by atoms with Crippen molar-refractivity contribution in [2.75, 3.05) is 6.61 Å². The van der Waals surface area contributed by atoms with Crippen LogP contribution in [0.25, 0.3) is 4.47 Å². The van der Waals surface area contributed by atoms with Crippen molar-refractivity contribution in [3.05, 3.63) is 46.0 Å². The van der Waals surface area contributed by atoms with Gasteiger partial charge in [-0.1, -0.05) is 0 Å². The van der Waals surface area contributed by atoms with Crippen LogP contribution in [0.5, 0.6) is 5.75 Å². The van der Waals surface area contributed by atoms with Crippen LogP contribution in [0, 0.1) is 11.6 Å². The maximum atomic E-state index is 13.9. The van der Waals surface area contributed by atoms with Crippen LogP contribution < -0.4 is 4.74 Å². The fraction of sp³-hybridized carbons (Fsp3) is 0.231. The van der Waals surface area contributed by atoms with Gasteiger partial charge in [0.1, 0.15) is 0 Å². The predicted octanol–water partition coefficient (Wildman–Crippen LogP) is 2.79. The Labute approximate surface area is 105 Å². The van der Waals surface area contributed by atoms with Gasteiger partial charge >= 0.3 is 105 Å². The molecule has 0 bridgehead atoms. The van der Waals surface area contributed by atoms with Gasteiger partial charge in [-0.25, -0.2) is 0 Å². The van der Waals surface area contributed by atoms with E-state index in [0.29, 0.717) is 12.2 Å². The van der Waals surface area contributed by atoms with Crippen molar-refractivity contribution >= 4 is 19.4 Å². The molecule has 1 heterocycles. The second kappa shape index (κ2) is 5.03. The molecule has 0 aliphatic carbocycles. The van der Waals surface area contributed by atoms with E-state index >= 15 is 0 Å². The summed E-state index contributed by atoms with van der Waals surface area (Å²) in [6.45, 7) is 4.09. The Bertz CT molecular complexity index is 506. The number of rotatable bonds is 3. The summed E-state index contributed by atoms with van der Waals surface area (Å²) in [4.78, 5) is 0. The predicted molar refractivity (Wildman–Crippen MR) is 67.8 cm³/mol. The van der Waals surface area contributed by atoms with Crippen molar-refractivity contribution in [2.24, 2.45) is 0 Å². The summed E-state index contributed by atoms with van der Waals surface area (Å²) in [5.41, 5.74) is 0.374. The molecule has 0 amide bonds. The fourth-order valence-electron chi connectivity index (χ4n) is 1.67. The average Bonchev–Trinajstić information content (AvgIpc) is 2.72. The molecule has 1 nitrogen and oxygen atoms in total. The monoisotopic (exact) mass is 304 g/mol. The zero-order chi connectivity index (χ0) is 12.4. The van der Waals surface area contributed by atoms with Gasteiger partial charge in [-0.05, 0) is 0 Å². The van der Waals surface area contributed by atoms with Gasteiger partial charge < -0.3 is 0 Å². The standard InChI is InChI=1S/C13H14F2OSe/c1-3-16-10-6-5-9(12(14)13(10)15)11-7-4-8(2)17-11/h4-7H,3,17H2,1-2H3. The second-order valence-corrected chi connectivity index (χ2v) is 7.04. The van der Waals surface area contributed by atoms with Crippen LogP contribution in [0.15, 0.2) is 28.8 Å². The van der Waals surface area contributed by atoms with Crippen LogP contribution in [0.3, 0.4) is 0 Å². The number of hydrogen-bond acceptors (Lipinski definition) is 1. The molecule has 0 fully saturated rings. The molecule has 1 aliphatic heterocycles. The van der Waals surface area contributed by atoms with Gasteiger partial charge in [0.05, 0.1) is 0 Å². The Morgan fingerprint density at radius 1 is 1.18 bits per heavy atom. The first-order valence-corrected chi connectivity index (χ1v) is 7.50. The number of ether oxygens (including phenoxy) is 1. The first kappa shape index (κ1) is 12.3. The van der Waals surface area contributed by atoms with Crippen LogP contribution in [-0.4, -0.2) is 21.6 Å².